The highest BCUT2D eigenvalue weighted by Crippen LogP contribution is 2.14. The van der Waals surface area contributed by atoms with Gasteiger partial charge in [0.1, 0.15) is 0 Å². The van der Waals surface area contributed by atoms with Crippen molar-refractivity contribution in [2.24, 2.45) is 5.92 Å². The van der Waals surface area contributed by atoms with Gasteiger partial charge < -0.3 is 9.47 Å². The molecule has 0 heterocycles. The van der Waals surface area contributed by atoms with Crippen LogP contribution in [0.25, 0.3) is 0 Å². The summed E-state index contributed by atoms with van der Waals surface area (Å²) in [6.45, 7) is 12.6. The van der Waals surface area contributed by atoms with Crippen LogP contribution in [0.15, 0.2) is 11.6 Å². The lowest BCUT2D eigenvalue weighted by Crippen LogP contribution is -2.51. The van der Waals surface area contributed by atoms with Crippen molar-refractivity contribution in [2.45, 2.75) is 79.9 Å². The molecule has 7 nitrogen and oxygen atoms in total. The number of carbonyl (C=O) groups is 3. The molecule has 0 radical (unpaired) electrons. The van der Waals surface area contributed by atoms with E-state index in [2.05, 4.69) is 11.5 Å². The van der Waals surface area contributed by atoms with Crippen LogP contribution in [0.5, 0.6) is 0 Å². The molecule has 0 saturated heterocycles. The molecule has 3 amide bonds. The normalized spacial score (nSPS) is 11.7. The van der Waals surface area contributed by atoms with Crippen LogP contribution in [0, 0.1) is 5.92 Å². The third-order valence-corrected chi connectivity index (χ3v) is 3.05. The largest absolute Gasteiger partial charge is 0.446 e. The average Bonchev–Trinajstić information content (AvgIpc) is 2.42. The lowest BCUT2D eigenvalue weighted by atomic mass is 10.0. The molecule has 0 aliphatic rings. The van der Waals surface area contributed by atoms with E-state index in [4.69, 9.17) is 9.47 Å². The minimum atomic E-state index is -0.919. The molecule has 0 aromatic heterocycles. The number of hydrogen-bond acceptors (Lipinski definition) is 5. The Morgan fingerprint density at radius 3 is 2.04 bits per heavy atom. The third kappa shape index (κ3) is 11.2. The van der Waals surface area contributed by atoms with Crippen molar-refractivity contribution in [3.05, 3.63) is 11.6 Å². The van der Waals surface area contributed by atoms with Gasteiger partial charge in [0, 0.05) is 6.42 Å². The summed E-state index contributed by atoms with van der Waals surface area (Å²) in [5.41, 5.74) is 3.39. The Bertz CT molecular complexity index is 482. The summed E-state index contributed by atoms with van der Waals surface area (Å²) in [5, 5.41) is 0.599. The van der Waals surface area contributed by atoms with Crippen LogP contribution in [-0.4, -0.2) is 35.3 Å². The predicted octanol–water partition coefficient (Wildman–Crippen LogP) is 4.18. The molecule has 0 aliphatic carbocycles. The third-order valence-electron chi connectivity index (χ3n) is 3.05. The molecule has 0 bridgehead atoms. The summed E-state index contributed by atoms with van der Waals surface area (Å²) in [5.74, 6) is -0.476. The second-order valence-corrected chi connectivity index (χ2v) is 6.90. The SMILES string of the molecule is CC(C)=CCCC(C)CC(=O)N(NC(=O)OC(C)C)C(=O)OC(C)C. The fourth-order valence-corrected chi connectivity index (χ4v) is 1.94. The molecule has 1 atom stereocenters. The lowest BCUT2D eigenvalue weighted by molar-refractivity contribution is -0.133. The summed E-state index contributed by atoms with van der Waals surface area (Å²) >= 11 is 0. The van der Waals surface area contributed by atoms with Gasteiger partial charge in [-0.05, 0) is 60.3 Å². The molecule has 0 saturated carbocycles. The maximum absolute atomic E-state index is 12.4. The van der Waals surface area contributed by atoms with Gasteiger partial charge in [0.2, 0.25) is 0 Å². The molecule has 0 aliphatic heterocycles. The second-order valence-electron chi connectivity index (χ2n) is 6.90. The van der Waals surface area contributed by atoms with Gasteiger partial charge in [-0.3, -0.25) is 4.79 Å². The van der Waals surface area contributed by atoms with Gasteiger partial charge in [0.05, 0.1) is 12.2 Å². The lowest BCUT2D eigenvalue weighted by Gasteiger charge is -2.23. The van der Waals surface area contributed by atoms with Crippen LogP contribution in [0.2, 0.25) is 0 Å². The molecular formula is C18H32N2O5. The van der Waals surface area contributed by atoms with Crippen LogP contribution in [0.3, 0.4) is 0 Å². The Labute approximate surface area is 150 Å². The molecule has 0 aromatic carbocycles. The molecule has 1 unspecified atom stereocenters. The zero-order chi connectivity index (χ0) is 19.6. The first-order valence-electron chi connectivity index (χ1n) is 8.67. The van der Waals surface area contributed by atoms with Crippen molar-refractivity contribution >= 4 is 18.1 Å². The van der Waals surface area contributed by atoms with Gasteiger partial charge in [0.15, 0.2) is 0 Å². The smallest absolute Gasteiger partial charge is 0.436 e. The van der Waals surface area contributed by atoms with Crippen LogP contribution in [0.4, 0.5) is 9.59 Å². The number of ether oxygens (including phenoxy) is 2. The van der Waals surface area contributed by atoms with Crippen molar-refractivity contribution in [1.29, 1.82) is 0 Å². The number of allylic oxidation sites excluding steroid dienone is 2. The van der Waals surface area contributed by atoms with Crippen LogP contribution < -0.4 is 5.43 Å². The molecule has 0 fully saturated rings. The first kappa shape index (κ1) is 22.9. The van der Waals surface area contributed by atoms with Gasteiger partial charge in [-0.15, -0.1) is 5.01 Å². The molecule has 144 valence electrons. The summed E-state index contributed by atoms with van der Waals surface area (Å²) in [7, 11) is 0. The highest BCUT2D eigenvalue weighted by molar-refractivity contribution is 5.93. The zero-order valence-electron chi connectivity index (χ0n) is 16.4. The standard InChI is InChI=1S/C18H32N2O5/c1-12(2)9-8-10-15(7)11-16(21)20(18(23)25-14(5)6)19-17(22)24-13(3)4/h9,13-15H,8,10-11H2,1-7H3,(H,19,22). The molecule has 0 spiro atoms. The summed E-state index contributed by atoms with van der Waals surface area (Å²) < 4.78 is 9.94. The number of carbonyl (C=O) groups excluding carboxylic acids is 3. The van der Waals surface area contributed by atoms with Crippen molar-refractivity contribution < 1.29 is 23.9 Å². The Kier molecular flexibility index (Phi) is 10.6. The quantitative estimate of drug-likeness (QED) is 0.546. The molecule has 25 heavy (non-hydrogen) atoms. The molecule has 1 N–H and O–H groups in total. The van der Waals surface area contributed by atoms with E-state index in [9.17, 15) is 14.4 Å². The number of hydrogen-bond donors (Lipinski definition) is 1. The maximum Gasteiger partial charge on any atom is 0.436 e. The van der Waals surface area contributed by atoms with Crippen molar-refractivity contribution in [1.82, 2.24) is 10.4 Å². The maximum atomic E-state index is 12.4. The first-order valence-corrected chi connectivity index (χ1v) is 8.67. The van der Waals surface area contributed by atoms with E-state index in [1.807, 2.05) is 20.8 Å². The van der Waals surface area contributed by atoms with E-state index in [1.165, 1.54) is 5.57 Å². The Morgan fingerprint density at radius 2 is 1.56 bits per heavy atom. The Morgan fingerprint density at radius 1 is 1.00 bits per heavy atom. The van der Waals surface area contributed by atoms with Crippen molar-refractivity contribution in [2.75, 3.05) is 0 Å². The van der Waals surface area contributed by atoms with E-state index < -0.39 is 24.2 Å². The number of nitrogens with zero attached hydrogens (tertiary/aromatic N) is 1. The van der Waals surface area contributed by atoms with Crippen molar-refractivity contribution in [3.8, 4) is 0 Å². The van der Waals surface area contributed by atoms with Gasteiger partial charge >= 0.3 is 12.2 Å². The molecule has 0 aromatic rings. The van der Waals surface area contributed by atoms with E-state index in [0.29, 0.717) is 5.01 Å². The van der Waals surface area contributed by atoms with Crippen LogP contribution in [0.1, 0.15) is 67.7 Å². The van der Waals surface area contributed by atoms with E-state index in [0.717, 1.165) is 12.8 Å². The first-order chi connectivity index (χ1) is 11.5. The topological polar surface area (TPSA) is 84.9 Å². The zero-order valence-corrected chi connectivity index (χ0v) is 16.4. The summed E-state index contributed by atoms with van der Waals surface area (Å²) in [4.78, 5) is 36.3. The number of imide groups is 1. The average molecular weight is 356 g/mol. The van der Waals surface area contributed by atoms with Gasteiger partial charge in [-0.25, -0.2) is 15.0 Å². The highest BCUT2D eigenvalue weighted by Gasteiger charge is 2.28. The predicted molar refractivity (Wildman–Crippen MR) is 95.7 cm³/mol. The monoisotopic (exact) mass is 356 g/mol. The minimum absolute atomic E-state index is 0.0559. The minimum Gasteiger partial charge on any atom is -0.446 e. The fraction of sp³-hybridized carbons (Fsp3) is 0.722. The Balaban J connectivity index is 4.87. The van der Waals surface area contributed by atoms with Gasteiger partial charge in [-0.1, -0.05) is 18.6 Å². The van der Waals surface area contributed by atoms with E-state index >= 15 is 0 Å². The van der Waals surface area contributed by atoms with Gasteiger partial charge in [-0.2, -0.15) is 0 Å². The summed E-state index contributed by atoms with van der Waals surface area (Å²) in [6.07, 6.45) is 1.30. The summed E-state index contributed by atoms with van der Waals surface area (Å²) in [6, 6.07) is 0. The Hall–Kier alpha value is -2.05. The van der Waals surface area contributed by atoms with Crippen molar-refractivity contribution in [3.63, 3.8) is 0 Å². The van der Waals surface area contributed by atoms with E-state index in [-0.39, 0.29) is 18.4 Å². The molecular weight excluding hydrogens is 324 g/mol. The molecule has 0 rings (SSSR count). The highest BCUT2D eigenvalue weighted by atomic mass is 16.6. The van der Waals surface area contributed by atoms with Crippen LogP contribution in [-0.2, 0) is 14.3 Å². The number of amides is 3. The number of nitrogens with one attached hydrogen (secondary N) is 1. The van der Waals surface area contributed by atoms with Crippen LogP contribution >= 0.6 is 0 Å². The fourth-order valence-electron chi connectivity index (χ4n) is 1.94. The number of hydrazine groups is 1. The second kappa shape index (κ2) is 11.5. The molecule has 7 heteroatoms. The van der Waals surface area contributed by atoms with E-state index in [1.54, 1.807) is 27.7 Å². The number of rotatable bonds is 7. The van der Waals surface area contributed by atoms with Gasteiger partial charge in [0.25, 0.3) is 5.91 Å².